The highest BCUT2D eigenvalue weighted by molar-refractivity contribution is 7.00. The number of para-hydroxylation sites is 1. The lowest BCUT2D eigenvalue weighted by atomic mass is 9.34. The van der Waals surface area contributed by atoms with Crippen LogP contribution in [-0.2, 0) is 16.2 Å². The molecule has 7 aromatic rings. The standard InChI is InChI=1S/C45H39BN2/c1-24-20-34-38-35(21-24)48-40-29(37-42(48)27-15-10-12-18-31(27)45(37,7)8)22-25(43(2,3)4)23-33(40)46(38)32-19-13-16-28-36-41(47(34)39(28)32)26-14-9-11-17-30(26)44(36,5)6/h9-23H,1-8H3. The Morgan fingerprint density at radius 3 is 1.71 bits per heavy atom. The quantitative estimate of drug-likeness (QED) is 0.150. The number of hydrogen-bond acceptors (Lipinski definition) is 0. The number of nitrogens with zero attached hydrogens (tertiary/aromatic N) is 2. The molecule has 0 saturated heterocycles. The SMILES string of the molecule is Cc1cc2c3c(c1)-n1c4c(c5cc(C(C)(C)C)cc(c51)B3c1cccc3c5c(n-2c13)-c1ccccc1C5(C)C)C(C)(C)c1ccccc1-4. The van der Waals surface area contributed by atoms with Crippen LogP contribution in [0.25, 0.3) is 55.7 Å². The minimum Gasteiger partial charge on any atom is -0.310 e. The monoisotopic (exact) mass is 618 g/mol. The Bertz CT molecular complexity index is 2670. The van der Waals surface area contributed by atoms with Crippen molar-refractivity contribution in [3.05, 3.63) is 124 Å². The number of aryl methyl sites for hydroxylation is 1. The van der Waals surface area contributed by atoms with Crippen LogP contribution in [-0.4, -0.2) is 15.8 Å². The molecule has 4 aliphatic rings. The molecule has 0 fully saturated rings. The van der Waals surface area contributed by atoms with E-state index < -0.39 is 0 Å². The van der Waals surface area contributed by atoms with E-state index in [9.17, 15) is 0 Å². The molecule has 5 aromatic carbocycles. The molecule has 3 heteroatoms. The first-order valence-corrected chi connectivity index (χ1v) is 17.7. The van der Waals surface area contributed by atoms with Gasteiger partial charge in [0.25, 0.3) is 6.71 Å². The van der Waals surface area contributed by atoms with E-state index in [1.807, 2.05) is 0 Å². The fourth-order valence-corrected chi connectivity index (χ4v) is 10.6. The maximum atomic E-state index is 2.69. The van der Waals surface area contributed by atoms with Crippen LogP contribution in [0.15, 0.2) is 91.0 Å². The van der Waals surface area contributed by atoms with Gasteiger partial charge < -0.3 is 9.13 Å². The Kier molecular flexibility index (Phi) is 4.59. The smallest absolute Gasteiger partial charge is 0.252 e. The molecule has 2 aliphatic heterocycles. The molecule has 2 aliphatic carbocycles. The summed E-state index contributed by atoms with van der Waals surface area (Å²) >= 11 is 0. The molecule has 0 bridgehead atoms. The van der Waals surface area contributed by atoms with E-state index in [0.717, 1.165) is 0 Å². The van der Waals surface area contributed by atoms with Crippen molar-refractivity contribution in [1.82, 2.24) is 9.13 Å². The van der Waals surface area contributed by atoms with Gasteiger partial charge in [0.1, 0.15) is 0 Å². The fourth-order valence-electron chi connectivity index (χ4n) is 10.6. The molecule has 0 spiro atoms. The van der Waals surface area contributed by atoms with E-state index in [1.165, 1.54) is 105 Å². The van der Waals surface area contributed by atoms with Crippen molar-refractivity contribution >= 4 is 44.9 Å². The first kappa shape index (κ1) is 27.2. The maximum Gasteiger partial charge on any atom is 0.252 e. The Labute approximate surface area is 283 Å². The second-order valence-electron chi connectivity index (χ2n) is 17.1. The number of fused-ring (bicyclic) bond motifs is 14. The van der Waals surface area contributed by atoms with Crippen molar-refractivity contribution < 1.29 is 0 Å². The predicted octanol–water partition coefficient (Wildman–Crippen LogP) is 8.94. The van der Waals surface area contributed by atoms with Crippen molar-refractivity contribution in [1.29, 1.82) is 0 Å². The molecule has 48 heavy (non-hydrogen) atoms. The van der Waals surface area contributed by atoms with Gasteiger partial charge in [0.05, 0.1) is 11.4 Å². The van der Waals surface area contributed by atoms with Crippen LogP contribution in [0.1, 0.15) is 81.8 Å². The molecule has 0 unspecified atom stereocenters. The van der Waals surface area contributed by atoms with Crippen molar-refractivity contribution in [3.8, 4) is 33.9 Å². The van der Waals surface area contributed by atoms with Gasteiger partial charge in [0.2, 0.25) is 0 Å². The first-order chi connectivity index (χ1) is 22.9. The highest BCUT2D eigenvalue weighted by Gasteiger charge is 2.49. The Hall–Kier alpha value is -4.76. The third-order valence-corrected chi connectivity index (χ3v) is 12.6. The molecule has 0 N–H and O–H groups in total. The van der Waals surface area contributed by atoms with Gasteiger partial charge in [0.15, 0.2) is 0 Å². The zero-order chi connectivity index (χ0) is 32.8. The van der Waals surface area contributed by atoms with E-state index in [2.05, 4.69) is 156 Å². The summed E-state index contributed by atoms with van der Waals surface area (Å²) in [7, 11) is 0. The second kappa shape index (κ2) is 8.09. The zero-order valence-electron chi connectivity index (χ0n) is 29.1. The molecule has 0 radical (unpaired) electrons. The van der Waals surface area contributed by atoms with Gasteiger partial charge in [-0.25, -0.2) is 0 Å². The molecule has 4 heterocycles. The molecule has 2 nitrogen and oxygen atoms in total. The van der Waals surface area contributed by atoms with Gasteiger partial charge in [-0.3, -0.25) is 0 Å². The van der Waals surface area contributed by atoms with Crippen LogP contribution < -0.4 is 16.4 Å². The van der Waals surface area contributed by atoms with Crippen LogP contribution in [0, 0.1) is 6.92 Å². The average molecular weight is 619 g/mol. The number of benzene rings is 5. The molecule has 232 valence electrons. The normalized spacial score (nSPS) is 16.6. The van der Waals surface area contributed by atoms with Crippen molar-refractivity contribution in [2.24, 2.45) is 0 Å². The van der Waals surface area contributed by atoms with Gasteiger partial charge in [-0.1, -0.05) is 121 Å². The molecule has 11 rings (SSSR count). The van der Waals surface area contributed by atoms with E-state index in [-0.39, 0.29) is 23.0 Å². The van der Waals surface area contributed by atoms with Crippen molar-refractivity contribution in [2.75, 3.05) is 0 Å². The largest absolute Gasteiger partial charge is 0.310 e. The fraction of sp³-hybridized carbons (Fsp3) is 0.244. The minimum absolute atomic E-state index is 0.0153. The number of rotatable bonds is 0. The Morgan fingerprint density at radius 1 is 0.583 bits per heavy atom. The van der Waals surface area contributed by atoms with Crippen molar-refractivity contribution in [3.63, 3.8) is 0 Å². The van der Waals surface area contributed by atoms with Gasteiger partial charge in [-0.2, -0.15) is 0 Å². The van der Waals surface area contributed by atoms with Gasteiger partial charge >= 0.3 is 0 Å². The Morgan fingerprint density at radius 2 is 1.12 bits per heavy atom. The molecular formula is C45H39BN2. The van der Waals surface area contributed by atoms with Gasteiger partial charge in [-0.15, -0.1) is 0 Å². The molecule has 0 atom stereocenters. The van der Waals surface area contributed by atoms with Crippen LogP contribution in [0.3, 0.4) is 0 Å². The molecule has 2 aromatic heterocycles. The molecule has 0 saturated carbocycles. The lowest BCUT2D eigenvalue weighted by molar-refractivity contribution is 0.591. The molecular weight excluding hydrogens is 579 g/mol. The first-order valence-electron chi connectivity index (χ1n) is 17.7. The lowest BCUT2D eigenvalue weighted by Gasteiger charge is -2.35. The maximum absolute atomic E-state index is 2.69. The molecule has 0 amide bonds. The van der Waals surface area contributed by atoms with E-state index >= 15 is 0 Å². The van der Waals surface area contributed by atoms with E-state index in [1.54, 1.807) is 0 Å². The summed E-state index contributed by atoms with van der Waals surface area (Å²) in [5, 5.41) is 2.83. The summed E-state index contributed by atoms with van der Waals surface area (Å²) in [5.74, 6) is 0. The summed E-state index contributed by atoms with van der Waals surface area (Å²) in [4.78, 5) is 0. The van der Waals surface area contributed by atoms with Crippen LogP contribution in [0.2, 0.25) is 0 Å². The van der Waals surface area contributed by atoms with Gasteiger partial charge in [0, 0.05) is 55.1 Å². The number of hydrogen-bond donors (Lipinski definition) is 0. The van der Waals surface area contributed by atoms with Crippen LogP contribution >= 0.6 is 0 Å². The summed E-state index contributed by atoms with van der Waals surface area (Å²) in [6, 6.07) is 35.5. The number of aromatic nitrogens is 2. The predicted molar refractivity (Wildman–Crippen MR) is 203 cm³/mol. The lowest BCUT2D eigenvalue weighted by Crippen LogP contribution is -2.59. The topological polar surface area (TPSA) is 9.86 Å². The van der Waals surface area contributed by atoms with E-state index in [0.29, 0.717) is 0 Å². The minimum atomic E-state index is -0.0998. The van der Waals surface area contributed by atoms with Crippen LogP contribution in [0.5, 0.6) is 0 Å². The third kappa shape index (κ3) is 2.84. The summed E-state index contributed by atoms with van der Waals surface area (Å²) in [6.45, 7) is 19.3. The zero-order valence-corrected chi connectivity index (χ0v) is 29.1. The summed E-state index contributed by atoms with van der Waals surface area (Å²) in [5.41, 5.74) is 23.7. The highest BCUT2D eigenvalue weighted by Crippen LogP contribution is 2.56. The average Bonchev–Trinajstić information content (AvgIpc) is 3.72. The van der Waals surface area contributed by atoms with E-state index in [4.69, 9.17) is 0 Å². The summed E-state index contributed by atoms with van der Waals surface area (Å²) < 4.78 is 5.36. The highest BCUT2D eigenvalue weighted by atomic mass is 15.1. The van der Waals surface area contributed by atoms with Gasteiger partial charge in [-0.05, 0) is 80.3 Å². The third-order valence-electron chi connectivity index (χ3n) is 12.6. The van der Waals surface area contributed by atoms with Crippen LogP contribution in [0.4, 0.5) is 0 Å². The van der Waals surface area contributed by atoms with Crippen molar-refractivity contribution in [2.45, 2.75) is 71.6 Å². The summed E-state index contributed by atoms with van der Waals surface area (Å²) in [6.07, 6.45) is 0. The second-order valence-corrected chi connectivity index (χ2v) is 17.1. The Balaban J connectivity index is 1.38.